The second kappa shape index (κ2) is 3.34. The molecule has 0 saturated heterocycles. The van der Waals surface area contributed by atoms with Gasteiger partial charge >= 0.3 is 0 Å². The van der Waals surface area contributed by atoms with E-state index < -0.39 is 0 Å². The first-order chi connectivity index (χ1) is 5.52. The molecule has 0 amide bonds. The topological polar surface area (TPSA) is 15.8 Å². The van der Waals surface area contributed by atoms with Crippen molar-refractivity contribution in [1.29, 1.82) is 0 Å². The van der Waals surface area contributed by atoms with Crippen LogP contribution in [0.2, 0.25) is 0 Å². The Morgan fingerprint density at radius 1 is 1.08 bits per heavy atom. The van der Waals surface area contributed by atoms with Crippen molar-refractivity contribution >= 4 is 0 Å². The summed E-state index contributed by atoms with van der Waals surface area (Å²) in [4.78, 5) is 3.38. The Bertz CT molecular complexity index is 269. The van der Waals surface area contributed by atoms with Crippen LogP contribution in [0.15, 0.2) is 0 Å². The first-order valence-electron chi connectivity index (χ1n) is 4.67. The normalized spacial score (nSPS) is 11.2. The molecule has 1 aromatic rings. The number of hydrogen-bond donors (Lipinski definition) is 1. The van der Waals surface area contributed by atoms with E-state index in [2.05, 4.69) is 39.6 Å². The molecule has 12 heavy (non-hydrogen) atoms. The van der Waals surface area contributed by atoms with Gasteiger partial charge in [0.1, 0.15) is 0 Å². The molecule has 0 aliphatic carbocycles. The van der Waals surface area contributed by atoms with Crippen LogP contribution in [-0.2, 0) is 6.42 Å². The van der Waals surface area contributed by atoms with Crippen LogP contribution in [0.5, 0.6) is 0 Å². The molecular formula is C11H19N. The number of aromatic amines is 1. The average molecular weight is 165 g/mol. The summed E-state index contributed by atoms with van der Waals surface area (Å²) >= 11 is 0. The molecule has 0 spiro atoms. The lowest BCUT2D eigenvalue weighted by Crippen LogP contribution is -1.96. The van der Waals surface area contributed by atoms with Crippen LogP contribution < -0.4 is 0 Å². The molecule has 1 nitrogen and oxygen atoms in total. The molecule has 0 unspecified atom stereocenters. The van der Waals surface area contributed by atoms with E-state index in [9.17, 15) is 0 Å². The van der Waals surface area contributed by atoms with Crippen LogP contribution >= 0.6 is 0 Å². The fraction of sp³-hybridized carbons (Fsp3) is 0.636. The quantitative estimate of drug-likeness (QED) is 0.693. The Hall–Kier alpha value is -0.720. The van der Waals surface area contributed by atoms with E-state index in [1.165, 1.54) is 28.9 Å². The molecule has 0 atom stereocenters. The van der Waals surface area contributed by atoms with Gasteiger partial charge in [0, 0.05) is 11.4 Å². The Kier molecular flexibility index (Phi) is 2.61. The third-order valence-electron chi connectivity index (χ3n) is 2.46. The van der Waals surface area contributed by atoms with Crippen LogP contribution in [0.25, 0.3) is 0 Å². The second-order valence-corrected chi connectivity index (χ2v) is 4.08. The van der Waals surface area contributed by atoms with Crippen LogP contribution in [0.1, 0.15) is 36.4 Å². The zero-order valence-electron chi connectivity index (χ0n) is 8.78. The second-order valence-electron chi connectivity index (χ2n) is 4.08. The number of H-pyrrole nitrogens is 1. The minimum absolute atomic E-state index is 0.748. The van der Waals surface area contributed by atoms with Crippen LogP contribution in [0, 0.1) is 26.7 Å². The maximum atomic E-state index is 3.38. The Labute approximate surface area is 75.2 Å². The molecule has 0 radical (unpaired) electrons. The zero-order chi connectivity index (χ0) is 9.30. The standard InChI is InChI=1S/C11H19N/c1-7(2)6-11-8(3)9(4)12-10(11)5/h7,12H,6H2,1-5H3. The van der Waals surface area contributed by atoms with Crippen molar-refractivity contribution in [2.24, 2.45) is 5.92 Å². The Morgan fingerprint density at radius 2 is 1.67 bits per heavy atom. The highest BCUT2D eigenvalue weighted by molar-refractivity contribution is 5.34. The van der Waals surface area contributed by atoms with Gasteiger partial charge in [-0.3, -0.25) is 0 Å². The van der Waals surface area contributed by atoms with Crippen molar-refractivity contribution in [3.8, 4) is 0 Å². The van der Waals surface area contributed by atoms with Gasteiger partial charge in [0.05, 0.1) is 0 Å². The summed E-state index contributed by atoms with van der Waals surface area (Å²) in [6, 6.07) is 0. The fourth-order valence-electron chi connectivity index (χ4n) is 1.67. The van der Waals surface area contributed by atoms with E-state index in [0.717, 1.165) is 5.92 Å². The number of aryl methyl sites for hydroxylation is 2. The van der Waals surface area contributed by atoms with Gasteiger partial charge in [0.25, 0.3) is 0 Å². The van der Waals surface area contributed by atoms with Gasteiger partial charge in [-0.15, -0.1) is 0 Å². The van der Waals surface area contributed by atoms with Crippen LogP contribution in [-0.4, -0.2) is 4.98 Å². The van der Waals surface area contributed by atoms with Gasteiger partial charge < -0.3 is 4.98 Å². The number of aromatic nitrogens is 1. The third-order valence-corrected chi connectivity index (χ3v) is 2.46. The van der Waals surface area contributed by atoms with Gasteiger partial charge in [-0.2, -0.15) is 0 Å². The first-order valence-corrected chi connectivity index (χ1v) is 4.67. The molecule has 1 N–H and O–H groups in total. The molecule has 1 rings (SSSR count). The van der Waals surface area contributed by atoms with Gasteiger partial charge in [-0.05, 0) is 44.2 Å². The lowest BCUT2D eigenvalue weighted by molar-refractivity contribution is 0.643. The van der Waals surface area contributed by atoms with Crippen molar-refractivity contribution in [2.45, 2.75) is 41.0 Å². The van der Waals surface area contributed by atoms with Gasteiger partial charge in [0.15, 0.2) is 0 Å². The largest absolute Gasteiger partial charge is 0.362 e. The van der Waals surface area contributed by atoms with Crippen LogP contribution in [0.4, 0.5) is 0 Å². The maximum absolute atomic E-state index is 3.38. The summed E-state index contributed by atoms with van der Waals surface area (Å²) < 4.78 is 0. The summed E-state index contributed by atoms with van der Waals surface area (Å²) in [5, 5.41) is 0. The zero-order valence-corrected chi connectivity index (χ0v) is 8.78. The molecular weight excluding hydrogens is 146 g/mol. The number of rotatable bonds is 2. The molecule has 0 aromatic carbocycles. The van der Waals surface area contributed by atoms with Gasteiger partial charge in [-0.1, -0.05) is 13.8 Å². The molecule has 0 aliphatic rings. The predicted octanol–water partition coefficient (Wildman–Crippen LogP) is 3.14. The molecule has 0 aliphatic heterocycles. The molecule has 1 heteroatoms. The Morgan fingerprint density at radius 3 is 2.00 bits per heavy atom. The highest BCUT2D eigenvalue weighted by atomic mass is 14.7. The first kappa shape index (κ1) is 9.37. The van der Waals surface area contributed by atoms with Crippen molar-refractivity contribution in [1.82, 2.24) is 4.98 Å². The van der Waals surface area contributed by atoms with E-state index in [4.69, 9.17) is 0 Å². The summed E-state index contributed by atoms with van der Waals surface area (Å²) in [5.41, 5.74) is 5.63. The highest BCUT2D eigenvalue weighted by Gasteiger charge is 2.09. The highest BCUT2D eigenvalue weighted by Crippen LogP contribution is 2.20. The third kappa shape index (κ3) is 1.71. The summed E-state index contributed by atoms with van der Waals surface area (Å²) in [7, 11) is 0. The summed E-state index contributed by atoms with van der Waals surface area (Å²) in [6.45, 7) is 11.0. The van der Waals surface area contributed by atoms with Crippen molar-refractivity contribution < 1.29 is 0 Å². The summed E-state index contributed by atoms with van der Waals surface area (Å²) in [6.07, 6.45) is 1.20. The van der Waals surface area contributed by atoms with E-state index in [1.54, 1.807) is 0 Å². The Balaban J connectivity index is 2.97. The van der Waals surface area contributed by atoms with Crippen molar-refractivity contribution in [3.05, 3.63) is 22.5 Å². The van der Waals surface area contributed by atoms with E-state index in [-0.39, 0.29) is 0 Å². The number of hydrogen-bond acceptors (Lipinski definition) is 0. The van der Waals surface area contributed by atoms with Crippen molar-refractivity contribution in [2.75, 3.05) is 0 Å². The lowest BCUT2D eigenvalue weighted by atomic mass is 10.00. The SMILES string of the molecule is Cc1[nH]c(C)c(CC(C)C)c1C. The van der Waals surface area contributed by atoms with Gasteiger partial charge in [0.2, 0.25) is 0 Å². The van der Waals surface area contributed by atoms with E-state index >= 15 is 0 Å². The summed E-state index contributed by atoms with van der Waals surface area (Å²) in [5.74, 6) is 0.748. The average Bonchev–Trinajstić information content (AvgIpc) is 2.16. The minimum atomic E-state index is 0.748. The molecule has 68 valence electrons. The molecule has 0 saturated carbocycles. The maximum Gasteiger partial charge on any atom is 0.0153 e. The fourth-order valence-corrected chi connectivity index (χ4v) is 1.67. The van der Waals surface area contributed by atoms with Gasteiger partial charge in [-0.25, -0.2) is 0 Å². The minimum Gasteiger partial charge on any atom is -0.362 e. The lowest BCUT2D eigenvalue weighted by Gasteiger charge is -2.05. The predicted molar refractivity (Wildman–Crippen MR) is 53.5 cm³/mol. The molecule has 1 heterocycles. The smallest absolute Gasteiger partial charge is 0.0153 e. The molecule has 0 bridgehead atoms. The van der Waals surface area contributed by atoms with Crippen LogP contribution in [0.3, 0.4) is 0 Å². The van der Waals surface area contributed by atoms with Crippen molar-refractivity contribution in [3.63, 3.8) is 0 Å². The monoisotopic (exact) mass is 165 g/mol. The van der Waals surface area contributed by atoms with E-state index in [1.807, 2.05) is 0 Å². The molecule has 0 fully saturated rings. The molecule has 1 aromatic heterocycles. The number of nitrogens with one attached hydrogen (secondary N) is 1. The van der Waals surface area contributed by atoms with E-state index in [0.29, 0.717) is 0 Å².